The first-order valence-electron chi connectivity index (χ1n) is 7.73. The largest absolute Gasteiger partial charge is 0.370 e. The van der Waals surface area contributed by atoms with Gasteiger partial charge in [-0.15, -0.1) is 0 Å². The van der Waals surface area contributed by atoms with Crippen LogP contribution in [0.15, 0.2) is 36.4 Å². The molecule has 0 N–H and O–H groups in total. The molecule has 4 atom stereocenters. The molecular formula is C18H18ClN. The van der Waals surface area contributed by atoms with Gasteiger partial charge in [0.2, 0.25) is 0 Å². The molecular weight excluding hydrogens is 266 g/mol. The zero-order valence-electron chi connectivity index (χ0n) is 11.4. The summed E-state index contributed by atoms with van der Waals surface area (Å²) in [4.78, 5) is 2.64. The van der Waals surface area contributed by atoms with Gasteiger partial charge in [0.15, 0.2) is 0 Å². The van der Waals surface area contributed by atoms with E-state index in [-0.39, 0.29) is 0 Å². The summed E-state index contributed by atoms with van der Waals surface area (Å²) >= 11 is 6.59. The van der Waals surface area contributed by atoms with Gasteiger partial charge in [0.05, 0.1) is 0 Å². The lowest BCUT2D eigenvalue weighted by Gasteiger charge is -2.46. The van der Waals surface area contributed by atoms with Gasteiger partial charge in [-0.2, -0.15) is 0 Å². The third-order valence-corrected chi connectivity index (χ3v) is 6.02. The van der Waals surface area contributed by atoms with Gasteiger partial charge in [0.25, 0.3) is 0 Å². The van der Waals surface area contributed by atoms with Crippen molar-refractivity contribution in [2.45, 2.75) is 24.7 Å². The van der Waals surface area contributed by atoms with Crippen molar-refractivity contribution in [3.8, 4) is 0 Å². The fourth-order valence-corrected chi connectivity index (χ4v) is 5.11. The quantitative estimate of drug-likeness (QED) is 0.634. The van der Waals surface area contributed by atoms with Crippen LogP contribution in [0.4, 0.5) is 5.69 Å². The van der Waals surface area contributed by atoms with Crippen LogP contribution in [0.5, 0.6) is 0 Å². The Bertz CT molecular complexity index is 643. The Hall–Kier alpha value is -1.21. The summed E-state index contributed by atoms with van der Waals surface area (Å²) in [5, 5.41) is 0.968. The van der Waals surface area contributed by atoms with Gasteiger partial charge < -0.3 is 4.90 Å². The standard InChI is InChI=1S/C18H18ClN/c19-16-8-7-15-13-5-1-3-11(13)9-20-10-12-4-2-6-14(12)17(16)18(15)20/h1-2,5-8,11-14H,3-4,9-10H2/t11-,12-,13-,14-/m1/s1. The molecule has 0 spiro atoms. The number of fused-ring (bicyclic) bond motifs is 4. The molecule has 0 unspecified atom stereocenters. The number of hydrogen-bond donors (Lipinski definition) is 0. The SMILES string of the molecule is Clc1ccc2c3c1[C@@H]1C=CC[C@@H]1CN3C[C@H]1CC=C[C@@H]21. The summed E-state index contributed by atoms with van der Waals surface area (Å²) < 4.78 is 0. The van der Waals surface area contributed by atoms with Crippen molar-refractivity contribution in [1.82, 2.24) is 0 Å². The van der Waals surface area contributed by atoms with Crippen LogP contribution in [-0.4, -0.2) is 13.1 Å². The highest BCUT2D eigenvalue weighted by Crippen LogP contribution is 2.54. The minimum atomic E-state index is 0.552. The van der Waals surface area contributed by atoms with Gasteiger partial charge in [-0.3, -0.25) is 0 Å². The molecule has 2 heterocycles. The number of halogens is 1. The molecule has 0 saturated carbocycles. The molecule has 2 aliphatic heterocycles. The van der Waals surface area contributed by atoms with E-state index in [1.54, 1.807) is 0 Å². The lowest BCUT2D eigenvalue weighted by molar-refractivity contribution is 0.410. The maximum Gasteiger partial charge on any atom is 0.0465 e. The first kappa shape index (κ1) is 11.4. The smallest absolute Gasteiger partial charge is 0.0465 e. The van der Waals surface area contributed by atoms with Gasteiger partial charge >= 0.3 is 0 Å². The average molecular weight is 284 g/mol. The molecule has 1 aromatic carbocycles. The number of allylic oxidation sites excluding steroid dienone is 4. The van der Waals surface area contributed by atoms with Crippen LogP contribution < -0.4 is 4.90 Å². The molecule has 102 valence electrons. The molecule has 0 aromatic heterocycles. The molecule has 2 heteroatoms. The van der Waals surface area contributed by atoms with E-state index < -0.39 is 0 Å². The van der Waals surface area contributed by atoms with Crippen molar-refractivity contribution in [2.75, 3.05) is 18.0 Å². The lowest BCUT2D eigenvalue weighted by Crippen LogP contribution is -2.43. The van der Waals surface area contributed by atoms with Crippen LogP contribution in [0.3, 0.4) is 0 Å². The first-order valence-corrected chi connectivity index (χ1v) is 8.11. The van der Waals surface area contributed by atoms with Crippen LogP contribution in [-0.2, 0) is 0 Å². The third-order valence-electron chi connectivity index (χ3n) is 5.69. The summed E-state index contributed by atoms with van der Waals surface area (Å²) in [5.41, 5.74) is 4.40. The van der Waals surface area contributed by atoms with Crippen LogP contribution in [0, 0.1) is 11.8 Å². The van der Waals surface area contributed by atoms with E-state index in [0.717, 1.165) is 16.9 Å². The second kappa shape index (κ2) is 3.92. The summed E-state index contributed by atoms with van der Waals surface area (Å²) in [6.45, 7) is 2.42. The molecule has 1 aromatic rings. The molecule has 2 aliphatic carbocycles. The Kier molecular flexibility index (Phi) is 2.24. The van der Waals surface area contributed by atoms with E-state index in [0.29, 0.717) is 11.8 Å². The Balaban J connectivity index is 1.77. The predicted octanol–water partition coefficient (Wildman–Crippen LogP) is 4.49. The Morgan fingerprint density at radius 1 is 0.950 bits per heavy atom. The molecule has 1 nitrogen and oxygen atoms in total. The van der Waals surface area contributed by atoms with Crippen molar-refractivity contribution in [1.29, 1.82) is 0 Å². The summed E-state index contributed by atoms with van der Waals surface area (Å²) in [6.07, 6.45) is 12.0. The summed E-state index contributed by atoms with van der Waals surface area (Å²) in [6, 6.07) is 4.41. The van der Waals surface area contributed by atoms with Crippen LogP contribution >= 0.6 is 11.6 Å². The normalized spacial score (nSPS) is 36.0. The number of anilines is 1. The number of rotatable bonds is 0. The van der Waals surface area contributed by atoms with E-state index in [4.69, 9.17) is 11.6 Å². The van der Waals surface area contributed by atoms with Crippen molar-refractivity contribution in [2.24, 2.45) is 11.8 Å². The van der Waals surface area contributed by atoms with E-state index in [1.165, 1.54) is 42.7 Å². The highest BCUT2D eigenvalue weighted by atomic mass is 35.5. The number of nitrogens with zero attached hydrogens (tertiary/aromatic N) is 1. The maximum atomic E-state index is 6.59. The molecule has 0 radical (unpaired) electrons. The van der Waals surface area contributed by atoms with Crippen LogP contribution in [0.2, 0.25) is 5.02 Å². The van der Waals surface area contributed by atoms with Gasteiger partial charge in [-0.1, -0.05) is 42.0 Å². The molecule has 0 bridgehead atoms. The van der Waals surface area contributed by atoms with E-state index >= 15 is 0 Å². The van der Waals surface area contributed by atoms with Gasteiger partial charge in [0.1, 0.15) is 0 Å². The average Bonchev–Trinajstić information content (AvgIpc) is 3.08. The van der Waals surface area contributed by atoms with Crippen molar-refractivity contribution in [3.63, 3.8) is 0 Å². The van der Waals surface area contributed by atoms with Crippen molar-refractivity contribution >= 4 is 17.3 Å². The molecule has 4 aliphatic rings. The zero-order valence-corrected chi connectivity index (χ0v) is 12.2. The minimum absolute atomic E-state index is 0.552. The van der Waals surface area contributed by atoms with Crippen molar-refractivity contribution in [3.05, 3.63) is 52.6 Å². The fraction of sp³-hybridized carbons (Fsp3) is 0.444. The highest BCUT2D eigenvalue weighted by Gasteiger charge is 2.42. The second-order valence-electron chi connectivity index (χ2n) is 6.70. The first-order chi connectivity index (χ1) is 9.83. The molecule has 5 rings (SSSR count). The topological polar surface area (TPSA) is 3.24 Å². The minimum Gasteiger partial charge on any atom is -0.370 e. The highest BCUT2D eigenvalue weighted by molar-refractivity contribution is 6.32. The van der Waals surface area contributed by atoms with E-state index in [1.807, 2.05) is 0 Å². The maximum absolute atomic E-state index is 6.59. The Morgan fingerprint density at radius 3 is 2.45 bits per heavy atom. The lowest BCUT2D eigenvalue weighted by atomic mass is 9.75. The second-order valence-corrected chi connectivity index (χ2v) is 7.11. The zero-order chi connectivity index (χ0) is 13.3. The van der Waals surface area contributed by atoms with Gasteiger partial charge in [-0.25, -0.2) is 0 Å². The van der Waals surface area contributed by atoms with Crippen LogP contribution in [0.25, 0.3) is 0 Å². The molecule has 0 amide bonds. The molecule has 0 fully saturated rings. The number of benzene rings is 1. The summed E-state index contributed by atoms with van der Waals surface area (Å²) in [5.74, 6) is 2.69. The summed E-state index contributed by atoms with van der Waals surface area (Å²) in [7, 11) is 0. The third kappa shape index (κ3) is 1.34. The molecule has 20 heavy (non-hydrogen) atoms. The predicted molar refractivity (Wildman–Crippen MR) is 83.6 cm³/mol. The Labute approximate surface area is 124 Å². The Morgan fingerprint density at radius 2 is 1.65 bits per heavy atom. The van der Waals surface area contributed by atoms with Crippen LogP contribution in [0.1, 0.15) is 35.8 Å². The number of hydrogen-bond acceptors (Lipinski definition) is 1. The van der Waals surface area contributed by atoms with Gasteiger partial charge in [0, 0.05) is 41.2 Å². The van der Waals surface area contributed by atoms with Crippen molar-refractivity contribution < 1.29 is 0 Å². The monoisotopic (exact) mass is 283 g/mol. The van der Waals surface area contributed by atoms with Gasteiger partial charge in [-0.05, 0) is 36.3 Å². The van der Waals surface area contributed by atoms with E-state index in [9.17, 15) is 0 Å². The molecule has 0 saturated heterocycles. The van der Waals surface area contributed by atoms with E-state index in [2.05, 4.69) is 41.3 Å². The fourth-order valence-electron chi connectivity index (χ4n) is 4.84.